The lowest BCUT2D eigenvalue weighted by atomic mass is 9.87. The molecule has 2 aliphatic heterocycles. The lowest BCUT2D eigenvalue weighted by Crippen LogP contribution is -2.28. The maximum Gasteiger partial charge on any atom is 0.182 e. The van der Waals surface area contributed by atoms with Gasteiger partial charge in [0.2, 0.25) is 0 Å². The van der Waals surface area contributed by atoms with Crippen LogP contribution in [0.4, 0.5) is 5.82 Å². The Bertz CT molecular complexity index is 575. The van der Waals surface area contributed by atoms with Crippen molar-refractivity contribution >= 4 is 17.0 Å². The summed E-state index contributed by atoms with van der Waals surface area (Å²) in [6.45, 7) is 3.85. The molecule has 6 nitrogen and oxygen atoms in total. The number of anilines is 1. The van der Waals surface area contributed by atoms with Crippen LogP contribution in [0.1, 0.15) is 12.8 Å². The highest BCUT2D eigenvalue weighted by Crippen LogP contribution is 2.40. The molecule has 1 spiro atoms. The second-order valence-electron chi connectivity index (χ2n) is 5.27. The summed E-state index contributed by atoms with van der Waals surface area (Å²) in [4.78, 5) is 18.2. The summed E-state index contributed by atoms with van der Waals surface area (Å²) >= 11 is 0. The van der Waals surface area contributed by atoms with Gasteiger partial charge in [0.05, 0.1) is 12.9 Å². The van der Waals surface area contributed by atoms with Crippen molar-refractivity contribution in [2.24, 2.45) is 5.41 Å². The van der Waals surface area contributed by atoms with E-state index >= 15 is 0 Å². The van der Waals surface area contributed by atoms with Crippen LogP contribution in [0.3, 0.4) is 0 Å². The third-order valence-corrected chi connectivity index (χ3v) is 4.13. The molecule has 4 heterocycles. The van der Waals surface area contributed by atoms with Crippen molar-refractivity contribution in [3.05, 3.63) is 12.7 Å². The molecule has 4 rings (SSSR count). The van der Waals surface area contributed by atoms with E-state index in [4.69, 9.17) is 4.74 Å². The first-order valence-corrected chi connectivity index (χ1v) is 6.33. The topological polar surface area (TPSA) is 66.9 Å². The van der Waals surface area contributed by atoms with E-state index in [1.807, 2.05) is 0 Å². The van der Waals surface area contributed by atoms with Crippen LogP contribution in [0, 0.1) is 5.41 Å². The minimum absolute atomic E-state index is 0.345. The zero-order valence-electron chi connectivity index (χ0n) is 10.1. The lowest BCUT2D eigenvalue weighted by Gasteiger charge is -2.22. The van der Waals surface area contributed by atoms with E-state index in [0.717, 1.165) is 43.3 Å². The van der Waals surface area contributed by atoms with Crippen LogP contribution in [0.2, 0.25) is 0 Å². The van der Waals surface area contributed by atoms with Crippen molar-refractivity contribution < 1.29 is 4.74 Å². The van der Waals surface area contributed by atoms with Gasteiger partial charge in [-0.1, -0.05) is 0 Å². The summed E-state index contributed by atoms with van der Waals surface area (Å²) in [7, 11) is 0. The first-order valence-electron chi connectivity index (χ1n) is 6.33. The van der Waals surface area contributed by atoms with Gasteiger partial charge in [-0.15, -0.1) is 0 Å². The maximum atomic E-state index is 5.56. The van der Waals surface area contributed by atoms with E-state index in [-0.39, 0.29) is 0 Å². The van der Waals surface area contributed by atoms with Gasteiger partial charge in [0.1, 0.15) is 11.8 Å². The number of H-pyrrole nitrogens is 1. The minimum atomic E-state index is 0.345. The van der Waals surface area contributed by atoms with Crippen LogP contribution in [0.15, 0.2) is 12.7 Å². The van der Waals surface area contributed by atoms with Crippen LogP contribution in [0.25, 0.3) is 11.2 Å². The number of imidazole rings is 1. The molecule has 0 saturated carbocycles. The van der Waals surface area contributed by atoms with Gasteiger partial charge < -0.3 is 14.6 Å². The first-order chi connectivity index (χ1) is 8.86. The number of hydrogen-bond acceptors (Lipinski definition) is 5. The molecule has 6 heteroatoms. The summed E-state index contributed by atoms with van der Waals surface area (Å²) in [5.74, 6) is 0.973. The number of hydrogen-bond donors (Lipinski definition) is 1. The van der Waals surface area contributed by atoms with Crippen molar-refractivity contribution in [1.82, 2.24) is 19.9 Å². The van der Waals surface area contributed by atoms with Gasteiger partial charge in [0.25, 0.3) is 0 Å². The van der Waals surface area contributed by atoms with E-state index in [2.05, 4.69) is 24.8 Å². The average Bonchev–Trinajstić information content (AvgIpc) is 3.11. The molecule has 1 atom stereocenters. The Morgan fingerprint density at radius 3 is 3.17 bits per heavy atom. The van der Waals surface area contributed by atoms with Crippen LogP contribution in [0.5, 0.6) is 0 Å². The maximum absolute atomic E-state index is 5.56. The quantitative estimate of drug-likeness (QED) is 0.811. The van der Waals surface area contributed by atoms with Crippen LogP contribution < -0.4 is 4.90 Å². The first kappa shape index (κ1) is 10.3. The average molecular weight is 245 g/mol. The van der Waals surface area contributed by atoms with Crippen LogP contribution in [-0.4, -0.2) is 46.2 Å². The summed E-state index contributed by atoms with van der Waals surface area (Å²) in [6.07, 6.45) is 5.62. The van der Waals surface area contributed by atoms with E-state index in [1.54, 1.807) is 12.7 Å². The van der Waals surface area contributed by atoms with E-state index in [1.165, 1.54) is 12.8 Å². The molecular formula is C12H15N5O. The fourth-order valence-electron chi connectivity index (χ4n) is 3.08. The smallest absolute Gasteiger partial charge is 0.182 e. The lowest BCUT2D eigenvalue weighted by molar-refractivity contribution is 0.160. The fourth-order valence-corrected chi connectivity index (χ4v) is 3.08. The van der Waals surface area contributed by atoms with Crippen LogP contribution in [-0.2, 0) is 4.74 Å². The Labute approximate surface area is 104 Å². The van der Waals surface area contributed by atoms with Crippen molar-refractivity contribution in [1.29, 1.82) is 0 Å². The van der Waals surface area contributed by atoms with Crippen LogP contribution >= 0.6 is 0 Å². The molecular weight excluding hydrogens is 230 g/mol. The predicted octanol–water partition coefficient (Wildman–Crippen LogP) is 0.970. The number of nitrogens with zero attached hydrogens (tertiary/aromatic N) is 4. The largest absolute Gasteiger partial charge is 0.381 e. The van der Waals surface area contributed by atoms with Gasteiger partial charge in [-0.05, 0) is 12.8 Å². The molecule has 2 aliphatic rings. The zero-order valence-corrected chi connectivity index (χ0v) is 10.1. The number of nitrogens with one attached hydrogen (secondary N) is 1. The highest BCUT2D eigenvalue weighted by molar-refractivity contribution is 5.82. The highest BCUT2D eigenvalue weighted by Gasteiger charge is 2.42. The molecule has 2 aromatic rings. The molecule has 0 amide bonds. The zero-order chi connectivity index (χ0) is 12.0. The highest BCUT2D eigenvalue weighted by atomic mass is 16.5. The van der Waals surface area contributed by atoms with E-state index in [9.17, 15) is 0 Å². The number of fused-ring (bicyclic) bond motifs is 1. The monoisotopic (exact) mass is 245 g/mol. The Morgan fingerprint density at radius 1 is 1.28 bits per heavy atom. The third-order valence-electron chi connectivity index (χ3n) is 4.13. The Balaban J connectivity index is 1.70. The summed E-state index contributed by atoms with van der Waals surface area (Å²) in [5, 5.41) is 0. The third kappa shape index (κ3) is 1.42. The minimum Gasteiger partial charge on any atom is -0.381 e. The summed E-state index contributed by atoms with van der Waals surface area (Å²) < 4.78 is 5.56. The van der Waals surface area contributed by atoms with Crippen molar-refractivity contribution in [3.8, 4) is 0 Å². The molecule has 0 bridgehead atoms. The molecule has 2 aromatic heterocycles. The molecule has 18 heavy (non-hydrogen) atoms. The number of ether oxygens (including phenoxy) is 1. The normalized spacial score (nSPS) is 27.7. The number of rotatable bonds is 1. The van der Waals surface area contributed by atoms with Crippen molar-refractivity contribution in [2.45, 2.75) is 12.8 Å². The molecule has 0 aliphatic carbocycles. The van der Waals surface area contributed by atoms with Gasteiger partial charge in [0.15, 0.2) is 11.5 Å². The molecule has 1 N–H and O–H groups in total. The Hall–Kier alpha value is -1.69. The van der Waals surface area contributed by atoms with Crippen molar-refractivity contribution in [3.63, 3.8) is 0 Å². The molecule has 94 valence electrons. The van der Waals surface area contributed by atoms with Gasteiger partial charge in [-0.3, -0.25) is 0 Å². The molecule has 2 saturated heterocycles. The second kappa shape index (κ2) is 3.65. The summed E-state index contributed by atoms with van der Waals surface area (Å²) in [6, 6.07) is 0. The van der Waals surface area contributed by atoms with Gasteiger partial charge in [-0.2, -0.15) is 0 Å². The Kier molecular flexibility index (Phi) is 2.08. The fraction of sp³-hybridized carbons (Fsp3) is 0.583. The standard InChI is InChI=1S/C12H15N5O/c1-3-17(5-12(1)2-4-18-6-12)11-9-10(14-7-13-9)15-8-16-11/h7-8H,1-6H2,(H,13,14,15,16)/t12-/m1/s1. The van der Waals surface area contributed by atoms with Gasteiger partial charge >= 0.3 is 0 Å². The molecule has 0 radical (unpaired) electrons. The van der Waals surface area contributed by atoms with E-state index in [0.29, 0.717) is 5.41 Å². The van der Waals surface area contributed by atoms with Crippen molar-refractivity contribution in [2.75, 3.05) is 31.2 Å². The molecule has 0 unspecified atom stereocenters. The number of aromatic amines is 1. The SMILES string of the molecule is c1nc(N2CC[C@@]3(CCOC3)C2)c2[nH]cnc2n1. The predicted molar refractivity (Wildman–Crippen MR) is 66.4 cm³/mol. The summed E-state index contributed by atoms with van der Waals surface area (Å²) in [5.41, 5.74) is 2.02. The molecule has 0 aromatic carbocycles. The second-order valence-corrected chi connectivity index (χ2v) is 5.27. The number of aromatic nitrogens is 4. The van der Waals surface area contributed by atoms with Gasteiger partial charge in [-0.25, -0.2) is 15.0 Å². The Morgan fingerprint density at radius 2 is 2.28 bits per heavy atom. The van der Waals surface area contributed by atoms with E-state index < -0.39 is 0 Å². The van der Waals surface area contributed by atoms with Gasteiger partial charge in [0, 0.05) is 25.1 Å². The molecule has 2 fully saturated rings.